The average Bonchev–Trinajstić information content (AvgIpc) is 2.16. The lowest BCUT2D eigenvalue weighted by Gasteiger charge is -2.17. The van der Waals surface area contributed by atoms with E-state index in [1.165, 1.54) is 11.1 Å². The average molecular weight is 178 g/mol. The third-order valence-corrected chi connectivity index (χ3v) is 2.29. The first-order valence-corrected chi connectivity index (χ1v) is 4.84. The Morgan fingerprint density at radius 2 is 1.92 bits per heavy atom. The fourth-order valence-electron chi connectivity index (χ4n) is 1.62. The zero-order chi connectivity index (χ0) is 9.84. The second-order valence-electron chi connectivity index (χ2n) is 3.37. The van der Waals surface area contributed by atoms with Gasteiger partial charge in [0, 0.05) is 20.3 Å². The number of rotatable bonds is 3. The first-order valence-electron chi connectivity index (χ1n) is 4.84. The molecule has 0 aliphatic rings. The summed E-state index contributed by atoms with van der Waals surface area (Å²) >= 11 is 0. The van der Waals surface area contributed by atoms with E-state index in [1.54, 1.807) is 0 Å². The third-order valence-electron chi connectivity index (χ3n) is 2.29. The van der Waals surface area contributed by atoms with E-state index < -0.39 is 0 Å². The zero-order valence-corrected chi connectivity index (χ0v) is 8.96. The van der Waals surface area contributed by atoms with E-state index in [-0.39, 0.29) is 0 Å². The fraction of sp³-hybridized carbons (Fsp3) is 0.545. The molecule has 0 saturated carbocycles. The maximum Gasteiger partial charge on any atom is 0.131 e. The van der Waals surface area contributed by atoms with Crippen molar-refractivity contribution < 1.29 is 0 Å². The minimum absolute atomic E-state index is 1.06. The monoisotopic (exact) mass is 178 g/mol. The normalized spacial score (nSPS) is 10.2. The van der Waals surface area contributed by atoms with Gasteiger partial charge in [0.1, 0.15) is 5.82 Å². The van der Waals surface area contributed by atoms with Crippen molar-refractivity contribution in [3.05, 3.63) is 23.4 Å². The number of aromatic nitrogens is 1. The van der Waals surface area contributed by atoms with Gasteiger partial charge in [-0.2, -0.15) is 0 Å². The Hall–Kier alpha value is -1.05. The van der Waals surface area contributed by atoms with Crippen LogP contribution in [0.3, 0.4) is 0 Å². The minimum atomic E-state index is 1.06. The summed E-state index contributed by atoms with van der Waals surface area (Å²) in [6, 6.07) is 2.12. The molecule has 2 heteroatoms. The smallest absolute Gasteiger partial charge is 0.131 e. The number of aryl methyl sites for hydroxylation is 1. The topological polar surface area (TPSA) is 16.1 Å². The van der Waals surface area contributed by atoms with Crippen LogP contribution in [0.4, 0.5) is 5.82 Å². The van der Waals surface area contributed by atoms with Crippen LogP contribution in [-0.2, 0) is 12.8 Å². The molecule has 1 aromatic rings. The third kappa shape index (κ3) is 2.00. The summed E-state index contributed by atoms with van der Waals surface area (Å²) in [5.74, 6) is 1.11. The van der Waals surface area contributed by atoms with E-state index in [1.807, 2.05) is 20.3 Å². The van der Waals surface area contributed by atoms with Crippen LogP contribution >= 0.6 is 0 Å². The van der Waals surface area contributed by atoms with E-state index in [0.29, 0.717) is 0 Å². The van der Waals surface area contributed by atoms with Crippen LogP contribution < -0.4 is 4.90 Å². The van der Waals surface area contributed by atoms with Gasteiger partial charge in [0.15, 0.2) is 0 Å². The quantitative estimate of drug-likeness (QED) is 0.706. The SMILES string of the molecule is CCc1ccnc(N(C)C)c1CC. The Bertz CT molecular complexity index is 279. The van der Waals surface area contributed by atoms with Crippen LogP contribution in [0.2, 0.25) is 0 Å². The van der Waals surface area contributed by atoms with Crippen molar-refractivity contribution >= 4 is 5.82 Å². The number of pyridine rings is 1. The molecule has 0 amide bonds. The highest BCUT2D eigenvalue weighted by molar-refractivity contribution is 5.49. The lowest BCUT2D eigenvalue weighted by Crippen LogP contribution is -2.14. The molecule has 0 aromatic carbocycles. The van der Waals surface area contributed by atoms with Crippen molar-refractivity contribution in [1.82, 2.24) is 4.98 Å². The lowest BCUT2D eigenvalue weighted by molar-refractivity contribution is 0.965. The second-order valence-corrected chi connectivity index (χ2v) is 3.37. The Balaban J connectivity index is 3.19. The highest BCUT2D eigenvalue weighted by atomic mass is 15.1. The van der Waals surface area contributed by atoms with Crippen LogP contribution in [0.1, 0.15) is 25.0 Å². The summed E-state index contributed by atoms with van der Waals surface area (Å²) in [4.78, 5) is 6.46. The van der Waals surface area contributed by atoms with E-state index in [2.05, 4.69) is 29.8 Å². The summed E-state index contributed by atoms with van der Waals surface area (Å²) in [5, 5.41) is 0. The summed E-state index contributed by atoms with van der Waals surface area (Å²) in [7, 11) is 4.09. The van der Waals surface area contributed by atoms with Gasteiger partial charge >= 0.3 is 0 Å². The summed E-state index contributed by atoms with van der Waals surface area (Å²) in [5.41, 5.74) is 2.80. The van der Waals surface area contributed by atoms with Gasteiger partial charge in [-0.05, 0) is 30.0 Å². The molecule has 1 aromatic heterocycles. The van der Waals surface area contributed by atoms with Crippen molar-refractivity contribution in [3.8, 4) is 0 Å². The maximum absolute atomic E-state index is 4.38. The molecule has 1 heterocycles. The standard InChI is InChI=1S/C11H18N2/c1-5-9-7-8-12-11(13(3)4)10(9)6-2/h7-8H,5-6H2,1-4H3. The van der Waals surface area contributed by atoms with Crippen molar-refractivity contribution in [2.45, 2.75) is 26.7 Å². The van der Waals surface area contributed by atoms with Gasteiger partial charge < -0.3 is 4.90 Å². The summed E-state index contributed by atoms with van der Waals surface area (Å²) in [6.07, 6.45) is 4.05. The molecule has 72 valence electrons. The zero-order valence-electron chi connectivity index (χ0n) is 8.96. The first-order chi connectivity index (χ1) is 6.20. The Kier molecular flexibility index (Phi) is 3.29. The minimum Gasteiger partial charge on any atom is -0.363 e. The van der Waals surface area contributed by atoms with E-state index in [0.717, 1.165) is 18.7 Å². The van der Waals surface area contributed by atoms with Gasteiger partial charge in [-0.15, -0.1) is 0 Å². The van der Waals surface area contributed by atoms with Gasteiger partial charge in [0.2, 0.25) is 0 Å². The predicted molar refractivity (Wildman–Crippen MR) is 57.3 cm³/mol. The van der Waals surface area contributed by atoms with E-state index >= 15 is 0 Å². The van der Waals surface area contributed by atoms with Crippen molar-refractivity contribution in [2.24, 2.45) is 0 Å². The fourth-order valence-corrected chi connectivity index (χ4v) is 1.62. The van der Waals surface area contributed by atoms with E-state index in [4.69, 9.17) is 0 Å². The second kappa shape index (κ2) is 4.26. The molecule has 0 aliphatic carbocycles. The Morgan fingerprint density at radius 3 is 2.38 bits per heavy atom. The Labute approximate surface area is 80.6 Å². The largest absolute Gasteiger partial charge is 0.363 e. The number of nitrogens with zero attached hydrogens (tertiary/aromatic N) is 2. The molecular weight excluding hydrogens is 160 g/mol. The van der Waals surface area contributed by atoms with Crippen LogP contribution in [0, 0.1) is 0 Å². The molecule has 0 N–H and O–H groups in total. The molecule has 0 aliphatic heterocycles. The highest BCUT2D eigenvalue weighted by Crippen LogP contribution is 2.20. The van der Waals surface area contributed by atoms with Crippen molar-refractivity contribution in [3.63, 3.8) is 0 Å². The van der Waals surface area contributed by atoms with Crippen LogP contribution in [-0.4, -0.2) is 19.1 Å². The van der Waals surface area contributed by atoms with Crippen LogP contribution in [0.5, 0.6) is 0 Å². The van der Waals surface area contributed by atoms with Crippen molar-refractivity contribution in [1.29, 1.82) is 0 Å². The van der Waals surface area contributed by atoms with Gasteiger partial charge in [-0.25, -0.2) is 4.98 Å². The molecule has 0 atom stereocenters. The van der Waals surface area contributed by atoms with Crippen molar-refractivity contribution in [2.75, 3.05) is 19.0 Å². The van der Waals surface area contributed by atoms with E-state index in [9.17, 15) is 0 Å². The molecule has 13 heavy (non-hydrogen) atoms. The molecule has 0 unspecified atom stereocenters. The molecule has 0 spiro atoms. The Morgan fingerprint density at radius 1 is 1.23 bits per heavy atom. The number of hydrogen-bond acceptors (Lipinski definition) is 2. The van der Waals surface area contributed by atoms with Gasteiger partial charge in [0.25, 0.3) is 0 Å². The van der Waals surface area contributed by atoms with Crippen LogP contribution in [0.15, 0.2) is 12.3 Å². The van der Waals surface area contributed by atoms with Gasteiger partial charge in [-0.1, -0.05) is 13.8 Å². The molecule has 2 nitrogen and oxygen atoms in total. The molecular formula is C11H18N2. The van der Waals surface area contributed by atoms with Gasteiger partial charge in [0.05, 0.1) is 0 Å². The maximum atomic E-state index is 4.38. The first kappa shape index (κ1) is 10.0. The van der Waals surface area contributed by atoms with Gasteiger partial charge in [-0.3, -0.25) is 0 Å². The number of hydrogen-bond donors (Lipinski definition) is 0. The molecule has 0 fully saturated rings. The molecule has 0 saturated heterocycles. The summed E-state index contributed by atoms with van der Waals surface area (Å²) < 4.78 is 0. The predicted octanol–water partition coefficient (Wildman–Crippen LogP) is 2.27. The van der Waals surface area contributed by atoms with Crippen LogP contribution in [0.25, 0.3) is 0 Å². The summed E-state index contributed by atoms with van der Waals surface area (Å²) in [6.45, 7) is 4.37. The highest BCUT2D eigenvalue weighted by Gasteiger charge is 2.07. The molecule has 0 radical (unpaired) electrons. The molecule has 1 rings (SSSR count). The lowest BCUT2D eigenvalue weighted by atomic mass is 10.0. The number of anilines is 1. The molecule has 0 bridgehead atoms.